The van der Waals surface area contributed by atoms with E-state index in [1.807, 2.05) is 18.5 Å². The summed E-state index contributed by atoms with van der Waals surface area (Å²) in [7, 11) is 2.25. The molecule has 1 aromatic carbocycles. The van der Waals surface area contributed by atoms with Crippen molar-refractivity contribution in [3.8, 4) is 11.3 Å². The number of H-pyrrole nitrogens is 1. The van der Waals surface area contributed by atoms with Crippen LogP contribution in [0, 0.1) is 6.92 Å². The van der Waals surface area contributed by atoms with Gasteiger partial charge in [0.1, 0.15) is 0 Å². The maximum Gasteiger partial charge on any atom is 0.227 e. The predicted molar refractivity (Wildman–Crippen MR) is 140 cm³/mol. The lowest BCUT2D eigenvalue weighted by molar-refractivity contribution is 0.292. The predicted octanol–water partition coefficient (Wildman–Crippen LogP) is 4.84. The summed E-state index contributed by atoms with van der Waals surface area (Å²) in [4.78, 5) is 22.8. The third-order valence-electron chi connectivity index (χ3n) is 8.16. The molecule has 0 unspecified atom stereocenters. The molecule has 178 valence electrons. The number of likely N-dealkylation sites (tertiary alicyclic amines) is 1. The number of anilines is 3. The van der Waals surface area contributed by atoms with Crippen molar-refractivity contribution in [1.82, 2.24) is 24.8 Å². The monoisotopic (exact) mass is 465 g/mol. The number of fused-ring (bicyclic) bond motifs is 5. The second-order valence-corrected chi connectivity index (χ2v) is 10.4. The normalized spacial score (nSPS) is 21.6. The van der Waals surface area contributed by atoms with Crippen LogP contribution in [0.4, 0.5) is 17.3 Å². The van der Waals surface area contributed by atoms with Crippen LogP contribution in [0.25, 0.3) is 22.3 Å². The molecule has 2 aliphatic heterocycles. The van der Waals surface area contributed by atoms with E-state index in [4.69, 9.17) is 9.97 Å². The van der Waals surface area contributed by atoms with Gasteiger partial charge in [-0.2, -0.15) is 0 Å². The van der Waals surface area contributed by atoms with E-state index in [-0.39, 0.29) is 0 Å². The van der Waals surface area contributed by atoms with Crippen molar-refractivity contribution in [2.24, 2.45) is 0 Å². The van der Waals surface area contributed by atoms with Crippen molar-refractivity contribution in [1.29, 1.82) is 0 Å². The zero-order valence-corrected chi connectivity index (χ0v) is 20.4. The molecule has 2 N–H and O–H groups in total. The molecule has 4 aromatic rings. The molecule has 1 aliphatic carbocycles. The van der Waals surface area contributed by atoms with Crippen LogP contribution in [0.5, 0.6) is 0 Å². The van der Waals surface area contributed by atoms with E-state index in [1.165, 1.54) is 41.8 Å². The van der Waals surface area contributed by atoms with E-state index < -0.39 is 0 Å². The zero-order valence-electron chi connectivity index (χ0n) is 20.4. The Hall–Kier alpha value is -3.45. The number of nitrogens with zero attached hydrogens (tertiary/aromatic N) is 5. The quantitative estimate of drug-likeness (QED) is 0.449. The maximum absolute atomic E-state index is 4.80. The van der Waals surface area contributed by atoms with Gasteiger partial charge in [0.2, 0.25) is 5.95 Å². The van der Waals surface area contributed by atoms with E-state index in [2.05, 4.69) is 63.3 Å². The number of benzene rings is 1. The summed E-state index contributed by atoms with van der Waals surface area (Å²) in [6.45, 7) is 4.49. The number of hydrogen-bond donors (Lipinski definition) is 2. The number of aromatic nitrogens is 4. The molecule has 3 aliphatic rings. The summed E-state index contributed by atoms with van der Waals surface area (Å²) in [5, 5.41) is 3.41. The van der Waals surface area contributed by atoms with Crippen molar-refractivity contribution in [2.75, 3.05) is 30.4 Å². The Bertz CT molecular complexity index is 1420. The molecule has 2 atom stereocenters. The Morgan fingerprint density at radius 2 is 1.94 bits per heavy atom. The molecule has 0 amide bonds. The number of pyridine rings is 1. The molecule has 2 fully saturated rings. The first-order valence-corrected chi connectivity index (χ1v) is 12.8. The first-order valence-electron chi connectivity index (χ1n) is 12.8. The third kappa shape index (κ3) is 3.57. The van der Waals surface area contributed by atoms with Gasteiger partial charge in [0.05, 0.1) is 16.7 Å². The number of rotatable bonds is 4. The lowest BCUT2D eigenvalue weighted by atomic mass is 9.97. The van der Waals surface area contributed by atoms with E-state index >= 15 is 0 Å². The second-order valence-electron chi connectivity index (χ2n) is 10.4. The van der Waals surface area contributed by atoms with Gasteiger partial charge in [-0.15, -0.1) is 0 Å². The van der Waals surface area contributed by atoms with Crippen molar-refractivity contribution < 1.29 is 0 Å². The molecule has 7 nitrogen and oxygen atoms in total. The minimum Gasteiger partial charge on any atom is -0.365 e. The summed E-state index contributed by atoms with van der Waals surface area (Å²) in [6.07, 6.45) is 9.78. The topological polar surface area (TPSA) is 73.0 Å². The number of aromatic amines is 1. The minimum atomic E-state index is 0.599. The standard InChI is InChI=1S/C28H31N7/c1-17-11-19(7-8-26(17)35-16-20-13-21(35)15-34(20)2)31-28-29-10-9-23(33-28)18-12-25-27(30-14-18)22-5-3-4-6-24(22)32-25/h7-12,14,20-21,32H,3-6,13,15-16H2,1-2H3,(H,29,31,33)/t20-,21-/m0/s1. The first-order chi connectivity index (χ1) is 17.1. The van der Waals surface area contributed by atoms with Crippen LogP contribution in [0.1, 0.15) is 36.1 Å². The van der Waals surface area contributed by atoms with Crippen LogP contribution in [0.3, 0.4) is 0 Å². The van der Waals surface area contributed by atoms with Crippen molar-refractivity contribution in [3.63, 3.8) is 0 Å². The van der Waals surface area contributed by atoms with Gasteiger partial charge in [-0.3, -0.25) is 9.88 Å². The highest BCUT2D eigenvalue weighted by molar-refractivity contribution is 5.84. The average Bonchev–Trinajstić information content (AvgIpc) is 3.56. The Morgan fingerprint density at radius 1 is 1.03 bits per heavy atom. The zero-order chi connectivity index (χ0) is 23.5. The Labute approximate surface area is 205 Å². The average molecular weight is 466 g/mol. The molecule has 0 radical (unpaired) electrons. The van der Waals surface area contributed by atoms with Gasteiger partial charge in [-0.25, -0.2) is 9.97 Å². The second kappa shape index (κ2) is 8.05. The van der Waals surface area contributed by atoms with Crippen molar-refractivity contribution >= 4 is 28.4 Å². The fourth-order valence-corrected chi connectivity index (χ4v) is 6.33. The van der Waals surface area contributed by atoms with Crippen LogP contribution in [0.15, 0.2) is 42.7 Å². The molecule has 2 saturated heterocycles. The summed E-state index contributed by atoms with van der Waals surface area (Å²) in [5.41, 5.74) is 10.5. The largest absolute Gasteiger partial charge is 0.365 e. The molecule has 2 bridgehead atoms. The van der Waals surface area contributed by atoms with Gasteiger partial charge in [0.15, 0.2) is 0 Å². The molecule has 3 aromatic heterocycles. The van der Waals surface area contributed by atoms with E-state index in [1.54, 1.807) is 0 Å². The smallest absolute Gasteiger partial charge is 0.227 e. The van der Waals surface area contributed by atoms with Gasteiger partial charge in [-0.05, 0) is 87.5 Å². The number of piperazine rings is 1. The van der Waals surface area contributed by atoms with E-state index in [0.29, 0.717) is 18.0 Å². The Balaban J connectivity index is 1.12. The third-order valence-corrected chi connectivity index (χ3v) is 8.16. The molecular formula is C28H31N7. The Morgan fingerprint density at radius 3 is 2.77 bits per heavy atom. The maximum atomic E-state index is 4.80. The summed E-state index contributed by atoms with van der Waals surface area (Å²) in [5.74, 6) is 0.599. The minimum absolute atomic E-state index is 0.599. The summed E-state index contributed by atoms with van der Waals surface area (Å²) >= 11 is 0. The number of aryl methyl sites for hydroxylation is 3. The van der Waals surface area contributed by atoms with Crippen LogP contribution < -0.4 is 10.2 Å². The fraction of sp³-hybridized carbons (Fsp3) is 0.393. The molecule has 35 heavy (non-hydrogen) atoms. The SMILES string of the molecule is Cc1cc(Nc2nccc(-c3cnc4c5c([nH]c4c3)CCCC5)n2)ccc1N1C[C@@H]2C[C@H]1CN2C. The lowest BCUT2D eigenvalue weighted by Gasteiger charge is -2.34. The number of nitrogens with one attached hydrogen (secondary N) is 2. The van der Waals surface area contributed by atoms with E-state index in [9.17, 15) is 0 Å². The van der Waals surface area contributed by atoms with Gasteiger partial charge in [-0.1, -0.05) is 0 Å². The van der Waals surface area contributed by atoms with Crippen LogP contribution >= 0.6 is 0 Å². The van der Waals surface area contributed by atoms with Gasteiger partial charge in [0.25, 0.3) is 0 Å². The first kappa shape index (κ1) is 20.9. The highest BCUT2D eigenvalue weighted by atomic mass is 15.3. The van der Waals surface area contributed by atoms with Crippen molar-refractivity contribution in [3.05, 3.63) is 59.5 Å². The number of hydrogen-bond acceptors (Lipinski definition) is 6. The van der Waals surface area contributed by atoms with Gasteiger partial charge >= 0.3 is 0 Å². The molecule has 7 heteroatoms. The number of likely N-dealkylation sites (N-methyl/N-ethyl adjacent to an activating group) is 1. The fourth-order valence-electron chi connectivity index (χ4n) is 6.33. The van der Waals surface area contributed by atoms with Crippen LogP contribution in [-0.2, 0) is 12.8 Å². The Kier molecular flexibility index (Phi) is 4.81. The van der Waals surface area contributed by atoms with Gasteiger partial charge in [0, 0.05) is 60.2 Å². The summed E-state index contributed by atoms with van der Waals surface area (Å²) in [6, 6.07) is 12.0. The van der Waals surface area contributed by atoms with Crippen molar-refractivity contribution in [2.45, 2.75) is 51.1 Å². The highest BCUT2D eigenvalue weighted by Crippen LogP contribution is 2.36. The molecule has 0 spiro atoms. The molecular weight excluding hydrogens is 434 g/mol. The highest BCUT2D eigenvalue weighted by Gasteiger charge is 2.41. The molecule has 7 rings (SSSR count). The molecule has 5 heterocycles. The van der Waals surface area contributed by atoms with Gasteiger partial charge < -0.3 is 15.2 Å². The lowest BCUT2D eigenvalue weighted by Crippen LogP contribution is -2.44. The van der Waals surface area contributed by atoms with Crippen LogP contribution in [-0.4, -0.2) is 57.1 Å². The van der Waals surface area contributed by atoms with E-state index in [0.717, 1.165) is 53.9 Å². The molecule has 0 saturated carbocycles. The summed E-state index contributed by atoms with van der Waals surface area (Å²) < 4.78 is 0. The van der Waals surface area contributed by atoms with Crippen LogP contribution in [0.2, 0.25) is 0 Å².